The van der Waals surface area contributed by atoms with Gasteiger partial charge in [0.15, 0.2) is 0 Å². The van der Waals surface area contributed by atoms with Crippen LogP contribution in [0.25, 0.3) is 0 Å². The lowest BCUT2D eigenvalue weighted by atomic mass is 10.3. The molecule has 112 valence electrons. The van der Waals surface area contributed by atoms with Crippen LogP contribution in [0.5, 0.6) is 5.75 Å². The molecular weight excluding hydrogens is 331 g/mol. The lowest BCUT2D eigenvalue weighted by molar-refractivity contribution is 0.415. The Kier molecular flexibility index (Phi) is 5.85. The fraction of sp³-hybridized carbons (Fsp3) is 0.200. The highest BCUT2D eigenvalue weighted by atomic mass is 35.5. The molecule has 0 fully saturated rings. The molecule has 0 spiro atoms. The highest BCUT2D eigenvalue weighted by Crippen LogP contribution is 2.27. The molecule has 0 aliphatic carbocycles. The molecule has 2 N–H and O–H groups in total. The highest BCUT2D eigenvalue weighted by Gasteiger charge is 2.02. The third-order valence-corrected chi connectivity index (χ3v) is 3.89. The van der Waals surface area contributed by atoms with Crippen molar-refractivity contribution in [3.8, 4) is 5.75 Å². The van der Waals surface area contributed by atoms with Gasteiger partial charge in [0.2, 0.25) is 0 Å². The van der Waals surface area contributed by atoms with E-state index in [9.17, 15) is 0 Å². The van der Waals surface area contributed by atoms with Crippen molar-refractivity contribution >= 4 is 46.2 Å². The minimum Gasteiger partial charge on any atom is -0.495 e. The number of ether oxygens (including phenoxy) is 1. The van der Waals surface area contributed by atoms with Crippen molar-refractivity contribution in [3.05, 3.63) is 51.5 Å². The van der Waals surface area contributed by atoms with Crippen LogP contribution >= 0.6 is 34.8 Å². The Morgan fingerprint density at radius 3 is 1.90 bits per heavy atom. The Morgan fingerprint density at radius 2 is 1.38 bits per heavy atom. The van der Waals surface area contributed by atoms with Crippen molar-refractivity contribution in [2.24, 2.45) is 0 Å². The van der Waals surface area contributed by atoms with E-state index in [2.05, 4.69) is 10.6 Å². The Bertz CT molecular complexity index is 620. The number of halogens is 3. The number of methoxy groups -OCH3 is 1. The number of anilines is 2. The van der Waals surface area contributed by atoms with E-state index in [0.29, 0.717) is 20.8 Å². The third-order valence-electron chi connectivity index (χ3n) is 2.85. The molecule has 0 atom stereocenters. The van der Waals surface area contributed by atoms with Gasteiger partial charge in [0.1, 0.15) is 5.75 Å². The molecule has 0 bridgehead atoms. The van der Waals surface area contributed by atoms with Gasteiger partial charge in [0.05, 0.1) is 22.2 Å². The molecule has 0 aliphatic rings. The summed E-state index contributed by atoms with van der Waals surface area (Å²) < 4.78 is 5.11. The first-order chi connectivity index (χ1) is 10.1. The first-order valence-corrected chi connectivity index (χ1v) is 7.50. The first-order valence-electron chi connectivity index (χ1n) is 6.36. The van der Waals surface area contributed by atoms with Gasteiger partial charge in [-0.05, 0) is 36.4 Å². The van der Waals surface area contributed by atoms with Crippen LogP contribution in [0.3, 0.4) is 0 Å². The Balaban J connectivity index is 1.81. The second-order valence-corrected chi connectivity index (χ2v) is 5.55. The summed E-state index contributed by atoms with van der Waals surface area (Å²) in [5.74, 6) is 0.663. The zero-order valence-electron chi connectivity index (χ0n) is 11.4. The molecule has 0 heterocycles. The maximum atomic E-state index is 6.06. The van der Waals surface area contributed by atoms with E-state index in [1.54, 1.807) is 19.2 Å². The minimum atomic E-state index is 0.538. The van der Waals surface area contributed by atoms with Crippen molar-refractivity contribution in [2.45, 2.75) is 0 Å². The summed E-state index contributed by atoms with van der Waals surface area (Å²) in [4.78, 5) is 0. The summed E-state index contributed by atoms with van der Waals surface area (Å²) in [5.41, 5.74) is 1.87. The van der Waals surface area contributed by atoms with E-state index in [0.717, 1.165) is 24.5 Å². The SMILES string of the molecule is COc1ccc(NCCNc2ccc(Cl)c(Cl)c2)cc1Cl. The molecule has 0 amide bonds. The zero-order chi connectivity index (χ0) is 15.2. The molecule has 0 aromatic heterocycles. The maximum absolute atomic E-state index is 6.06. The number of benzene rings is 2. The maximum Gasteiger partial charge on any atom is 0.137 e. The topological polar surface area (TPSA) is 33.3 Å². The summed E-state index contributed by atoms with van der Waals surface area (Å²) in [5, 5.41) is 8.20. The molecule has 3 nitrogen and oxygen atoms in total. The summed E-state index contributed by atoms with van der Waals surface area (Å²) in [7, 11) is 1.59. The monoisotopic (exact) mass is 344 g/mol. The molecule has 2 rings (SSSR count). The van der Waals surface area contributed by atoms with Gasteiger partial charge in [-0.3, -0.25) is 0 Å². The Labute approximate surface area is 139 Å². The van der Waals surface area contributed by atoms with Crippen molar-refractivity contribution in [3.63, 3.8) is 0 Å². The van der Waals surface area contributed by atoms with Crippen molar-refractivity contribution < 1.29 is 4.74 Å². The first kappa shape index (κ1) is 16.1. The van der Waals surface area contributed by atoms with Gasteiger partial charge in [0, 0.05) is 24.5 Å². The van der Waals surface area contributed by atoms with Crippen LogP contribution in [0.15, 0.2) is 36.4 Å². The molecule has 6 heteroatoms. The Morgan fingerprint density at radius 1 is 0.810 bits per heavy atom. The molecule has 21 heavy (non-hydrogen) atoms. The van der Waals surface area contributed by atoms with Crippen molar-refractivity contribution in [1.82, 2.24) is 0 Å². The zero-order valence-corrected chi connectivity index (χ0v) is 13.7. The number of rotatable bonds is 6. The lowest BCUT2D eigenvalue weighted by Gasteiger charge is -2.11. The average Bonchev–Trinajstić information content (AvgIpc) is 2.47. The molecule has 0 unspecified atom stereocenters. The number of nitrogens with one attached hydrogen (secondary N) is 2. The molecule has 2 aromatic rings. The number of hydrogen-bond acceptors (Lipinski definition) is 3. The second-order valence-electron chi connectivity index (χ2n) is 4.33. The van der Waals surface area contributed by atoms with E-state index in [1.165, 1.54) is 0 Å². The third kappa shape index (κ3) is 4.60. The van der Waals surface area contributed by atoms with E-state index in [4.69, 9.17) is 39.5 Å². The van der Waals surface area contributed by atoms with Crippen LogP contribution in [0.1, 0.15) is 0 Å². The van der Waals surface area contributed by atoms with E-state index >= 15 is 0 Å². The highest BCUT2D eigenvalue weighted by molar-refractivity contribution is 6.42. The molecular formula is C15H15Cl3N2O. The number of hydrogen-bond donors (Lipinski definition) is 2. The van der Waals surface area contributed by atoms with Crippen LogP contribution < -0.4 is 15.4 Å². The molecule has 0 aliphatic heterocycles. The smallest absolute Gasteiger partial charge is 0.137 e. The van der Waals surface area contributed by atoms with Crippen molar-refractivity contribution in [1.29, 1.82) is 0 Å². The summed E-state index contributed by atoms with van der Waals surface area (Å²) in [6.07, 6.45) is 0. The predicted molar refractivity (Wildman–Crippen MR) is 91.4 cm³/mol. The Hall–Kier alpha value is -1.29. The second kappa shape index (κ2) is 7.64. The van der Waals surface area contributed by atoms with Gasteiger partial charge < -0.3 is 15.4 Å². The molecule has 0 saturated carbocycles. The van der Waals surface area contributed by atoms with Gasteiger partial charge in [-0.25, -0.2) is 0 Å². The summed E-state index contributed by atoms with van der Waals surface area (Å²) >= 11 is 17.9. The lowest BCUT2D eigenvalue weighted by Crippen LogP contribution is -2.13. The van der Waals surface area contributed by atoms with E-state index < -0.39 is 0 Å². The van der Waals surface area contributed by atoms with Gasteiger partial charge in [0.25, 0.3) is 0 Å². The summed E-state index contributed by atoms with van der Waals surface area (Å²) in [6.45, 7) is 1.48. The van der Waals surface area contributed by atoms with Gasteiger partial charge >= 0.3 is 0 Å². The van der Waals surface area contributed by atoms with Crippen molar-refractivity contribution in [2.75, 3.05) is 30.8 Å². The fourth-order valence-electron chi connectivity index (χ4n) is 1.80. The van der Waals surface area contributed by atoms with Crippen LogP contribution in [0.4, 0.5) is 11.4 Å². The van der Waals surface area contributed by atoms with Gasteiger partial charge in [-0.1, -0.05) is 34.8 Å². The van der Waals surface area contributed by atoms with E-state index in [-0.39, 0.29) is 0 Å². The predicted octanol–water partition coefficient (Wildman–Crippen LogP) is 5.18. The quantitative estimate of drug-likeness (QED) is 0.708. The van der Waals surface area contributed by atoms with Gasteiger partial charge in [-0.15, -0.1) is 0 Å². The molecule has 0 saturated heterocycles. The van der Waals surface area contributed by atoms with Crippen LogP contribution in [0, 0.1) is 0 Å². The molecule has 0 radical (unpaired) electrons. The normalized spacial score (nSPS) is 10.3. The molecule has 2 aromatic carbocycles. The van der Waals surface area contributed by atoms with Crippen LogP contribution in [-0.2, 0) is 0 Å². The fourth-order valence-corrected chi connectivity index (χ4v) is 2.35. The summed E-state index contributed by atoms with van der Waals surface area (Å²) in [6, 6.07) is 11.0. The largest absolute Gasteiger partial charge is 0.495 e. The van der Waals surface area contributed by atoms with Gasteiger partial charge in [-0.2, -0.15) is 0 Å². The minimum absolute atomic E-state index is 0.538. The average molecular weight is 346 g/mol. The van der Waals surface area contributed by atoms with Crippen LogP contribution in [0.2, 0.25) is 15.1 Å². The van der Waals surface area contributed by atoms with Crippen LogP contribution in [-0.4, -0.2) is 20.2 Å². The van der Waals surface area contributed by atoms with E-state index in [1.807, 2.05) is 24.3 Å². The standard InChI is InChI=1S/C15H15Cl3N2O/c1-21-15-5-3-11(9-14(15)18)20-7-6-19-10-2-4-12(16)13(17)8-10/h2-5,8-9,19-20H,6-7H2,1H3.